The van der Waals surface area contributed by atoms with E-state index >= 15 is 0 Å². The highest BCUT2D eigenvalue weighted by molar-refractivity contribution is 7.90. The van der Waals surface area contributed by atoms with E-state index in [9.17, 15) is 13.2 Å². The van der Waals surface area contributed by atoms with Crippen molar-refractivity contribution in [3.8, 4) is 0 Å². The lowest BCUT2D eigenvalue weighted by atomic mass is 9.52. The monoisotopic (exact) mass is 338 g/mol. The second kappa shape index (κ2) is 5.06. The summed E-state index contributed by atoms with van der Waals surface area (Å²) in [5.41, 5.74) is 0.285. The van der Waals surface area contributed by atoms with E-state index in [1.807, 2.05) is 0 Å². The Labute approximate surface area is 136 Å². The highest BCUT2D eigenvalue weighted by Crippen LogP contribution is 2.56. The summed E-state index contributed by atoms with van der Waals surface area (Å²) in [7, 11) is -3.92. The van der Waals surface area contributed by atoms with Crippen molar-refractivity contribution in [2.45, 2.75) is 50.8 Å². The quantitative estimate of drug-likeness (QED) is 0.912. The molecule has 0 spiro atoms. The van der Waals surface area contributed by atoms with Gasteiger partial charge in [-0.1, -0.05) is 5.16 Å². The van der Waals surface area contributed by atoms with Gasteiger partial charge in [-0.3, -0.25) is 4.79 Å². The number of rotatable bonds is 3. The molecule has 1 heterocycles. The molecule has 0 radical (unpaired) electrons. The fourth-order valence-corrected chi connectivity index (χ4v) is 6.81. The minimum atomic E-state index is -3.92. The minimum absolute atomic E-state index is 0.00494. The van der Waals surface area contributed by atoms with E-state index in [4.69, 9.17) is 4.52 Å². The second-order valence-corrected chi connectivity index (χ2v) is 9.20. The van der Waals surface area contributed by atoms with Gasteiger partial charge in [0, 0.05) is 5.92 Å². The van der Waals surface area contributed by atoms with Gasteiger partial charge in [-0.05, 0) is 69.6 Å². The first kappa shape index (κ1) is 15.2. The summed E-state index contributed by atoms with van der Waals surface area (Å²) >= 11 is 0. The molecule has 4 saturated carbocycles. The number of nitrogens with zero attached hydrogens (tertiary/aromatic N) is 1. The molecule has 0 aromatic carbocycles. The van der Waals surface area contributed by atoms with Crippen molar-refractivity contribution >= 4 is 15.9 Å². The Hall–Kier alpha value is -1.37. The van der Waals surface area contributed by atoms with Gasteiger partial charge in [0.2, 0.25) is 5.91 Å². The van der Waals surface area contributed by atoms with E-state index in [1.54, 1.807) is 13.8 Å². The van der Waals surface area contributed by atoms with E-state index < -0.39 is 10.0 Å². The van der Waals surface area contributed by atoms with Gasteiger partial charge in [0.15, 0.2) is 10.7 Å². The largest absolute Gasteiger partial charge is 0.360 e. The molecule has 0 unspecified atom stereocenters. The van der Waals surface area contributed by atoms with Crippen molar-refractivity contribution < 1.29 is 17.7 Å². The number of hydrogen-bond donors (Lipinski definition) is 1. The van der Waals surface area contributed by atoms with Gasteiger partial charge in [-0.2, -0.15) is 0 Å². The summed E-state index contributed by atoms with van der Waals surface area (Å²) in [5, 5.41) is 3.67. The van der Waals surface area contributed by atoms with Crippen LogP contribution in [0.2, 0.25) is 0 Å². The van der Waals surface area contributed by atoms with E-state index in [0.717, 1.165) is 37.5 Å². The van der Waals surface area contributed by atoms with Crippen LogP contribution in [0.5, 0.6) is 0 Å². The molecule has 0 aliphatic heterocycles. The van der Waals surface area contributed by atoms with Crippen LogP contribution in [0.4, 0.5) is 0 Å². The summed E-state index contributed by atoms with van der Waals surface area (Å²) in [5.74, 6) is 1.93. The summed E-state index contributed by atoms with van der Waals surface area (Å²) in [6, 6.07) is 0. The molecule has 1 aromatic rings. The fraction of sp³-hybridized carbons (Fsp3) is 0.750. The van der Waals surface area contributed by atoms with Gasteiger partial charge in [-0.25, -0.2) is 13.1 Å². The Kier molecular flexibility index (Phi) is 3.34. The Morgan fingerprint density at radius 1 is 1.09 bits per heavy atom. The van der Waals surface area contributed by atoms with Crippen LogP contribution in [0.15, 0.2) is 9.42 Å². The number of aromatic nitrogens is 1. The number of nitrogens with one attached hydrogen (secondary N) is 1. The number of hydrogen-bond acceptors (Lipinski definition) is 5. The zero-order valence-electron chi connectivity index (χ0n) is 13.4. The average Bonchev–Trinajstić information content (AvgIpc) is 2.76. The molecule has 6 nitrogen and oxygen atoms in total. The van der Waals surface area contributed by atoms with E-state index in [-0.39, 0.29) is 28.2 Å². The molecule has 4 fully saturated rings. The topological polar surface area (TPSA) is 89.3 Å². The van der Waals surface area contributed by atoms with Crippen molar-refractivity contribution in [2.24, 2.45) is 29.6 Å². The molecule has 4 aliphatic carbocycles. The third-order valence-electron chi connectivity index (χ3n) is 6.00. The van der Waals surface area contributed by atoms with Gasteiger partial charge >= 0.3 is 0 Å². The maximum absolute atomic E-state index is 12.7. The SMILES string of the molecule is Cc1noc(C)c1S(=O)(=O)NC(=O)C1C2CC3CC(C2)CC1C3. The van der Waals surface area contributed by atoms with Crippen LogP contribution in [-0.4, -0.2) is 19.5 Å². The molecule has 0 saturated heterocycles. The van der Waals surface area contributed by atoms with Crippen molar-refractivity contribution in [2.75, 3.05) is 0 Å². The molecular weight excluding hydrogens is 316 g/mol. The summed E-state index contributed by atoms with van der Waals surface area (Å²) in [4.78, 5) is 12.7. The van der Waals surface area contributed by atoms with E-state index in [1.165, 1.54) is 6.42 Å². The number of carbonyl (C=O) groups excluding carboxylic acids is 1. The molecule has 0 atom stereocenters. The van der Waals surface area contributed by atoms with Gasteiger partial charge in [0.05, 0.1) is 0 Å². The second-order valence-electron chi connectivity index (χ2n) is 7.58. The standard InChI is InChI=1S/C16H22N2O4S/c1-8-15(9(2)22-17-8)23(20,21)18-16(19)14-12-4-10-3-11(6-12)7-13(14)5-10/h10-14H,3-7H2,1-2H3,(H,18,19). The Morgan fingerprint density at radius 3 is 2.13 bits per heavy atom. The van der Waals surface area contributed by atoms with E-state index in [0.29, 0.717) is 11.8 Å². The number of carbonyl (C=O) groups is 1. The smallest absolute Gasteiger partial charge is 0.269 e. The lowest BCUT2D eigenvalue weighted by Crippen LogP contribution is -2.51. The molecule has 1 aromatic heterocycles. The number of aryl methyl sites for hydroxylation is 2. The van der Waals surface area contributed by atoms with Crippen LogP contribution in [0.1, 0.15) is 43.6 Å². The van der Waals surface area contributed by atoms with Crippen LogP contribution in [0.3, 0.4) is 0 Å². The first-order chi connectivity index (χ1) is 10.8. The van der Waals surface area contributed by atoms with Gasteiger partial charge < -0.3 is 4.52 Å². The van der Waals surface area contributed by atoms with Crippen LogP contribution >= 0.6 is 0 Å². The van der Waals surface area contributed by atoms with E-state index in [2.05, 4.69) is 9.88 Å². The lowest BCUT2D eigenvalue weighted by molar-refractivity contribution is -0.136. The van der Waals surface area contributed by atoms with Crippen molar-refractivity contribution in [3.63, 3.8) is 0 Å². The number of sulfonamides is 1. The summed E-state index contributed by atoms with van der Waals surface area (Å²) < 4.78 is 32.3. The molecule has 1 N–H and O–H groups in total. The molecule has 23 heavy (non-hydrogen) atoms. The third-order valence-corrected chi connectivity index (χ3v) is 7.59. The van der Waals surface area contributed by atoms with Crippen LogP contribution in [-0.2, 0) is 14.8 Å². The summed E-state index contributed by atoms with van der Waals surface area (Å²) in [6.07, 6.45) is 5.62. The summed E-state index contributed by atoms with van der Waals surface area (Å²) in [6.45, 7) is 3.11. The molecule has 4 aliphatic rings. The van der Waals surface area contributed by atoms with Crippen molar-refractivity contribution in [3.05, 3.63) is 11.5 Å². The van der Waals surface area contributed by atoms with Gasteiger partial charge in [-0.15, -0.1) is 0 Å². The van der Waals surface area contributed by atoms with Crippen molar-refractivity contribution in [1.82, 2.24) is 9.88 Å². The maximum Gasteiger partial charge on any atom is 0.269 e. The minimum Gasteiger partial charge on any atom is -0.360 e. The van der Waals surface area contributed by atoms with Crippen LogP contribution < -0.4 is 4.72 Å². The fourth-order valence-electron chi connectivity index (χ4n) is 5.46. The van der Waals surface area contributed by atoms with Crippen molar-refractivity contribution in [1.29, 1.82) is 0 Å². The average molecular weight is 338 g/mol. The maximum atomic E-state index is 12.7. The highest BCUT2D eigenvalue weighted by atomic mass is 32.2. The predicted octanol–water partition coefficient (Wildman–Crippen LogP) is 2.17. The molecule has 126 valence electrons. The molecule has 4 bridgehead atoms. The zero-order chi connectivity index (χ0) is 16.4. The van der Waals surface area contributed by atoms with Gasteiger partial charge in [0.25, 0.3) is 10.0 Å². The first-order valence-electron chi connectivity index (χ1n) is 8.34. The Bertz CT molecular complexity index is 705. The number of amides is 1. The highest BCUT2D eigenvalue weighted by Gasteiger charge is 2.51. The first-order valence-corrected chi connectivity index (χ1v) is 9.83. The normalized spacial score (nSPS) is 35.5. The molecular formula is C16H22N2O4S. The molecule has 7 heteroatoms. The zero-order valence-corrected chi connectivity index (χ0v) is 14.2. The Morgan fingerprint density at radius 2 is 1.65 bits per heavy atom. The molecule has 5 rings (SSSR count). The van der Waals surface area contributed by atoms with Crippen LogP contribution in [0.25, 0.3) is 0 Å². The lowest BCUT2D eigenvalue weighted by Gasteiger charge is -2.53. The molecule has 1 amide bonds. The predicted molar refractivity (Wildman–Crippen MR) is 81.8 cm³/mol. The Balaban J connectivity index is 1.56. The van der Waals surface area contributed by atoms with Crippen LogP contribution in [0, 0.1) is 43.4 Å². The third kappa shape index (κ3) is 2.40. The van der Waals surface area contributed by atoms with Gasteiger partial charge in [0.1, 0.15) is 5.69 Å².